The second-order valence-corrected chi connectivity index (χ2v) is 7.88. The van der Waals surface area contributed by atoms with Gasteiger partial charge >= 0.3 is 0 Å². The molecule has 2 nitrogen and oxygen atoms in total. The molecule has 128 valence electrons. The second-order valence-electron chi connectivity index (χ2n) is 6.79. The normalized spacial score (nSPS) is 11.7. The van der Waals surface area contributed by atoms with E-state index in [-0.39, 0.29) is 0 Å². The zero-order valence-corrected chi connectivity index (χ0v) is 15.2. The van der Waals surface area contributed by atoms with Crippen molar-refractivity contribution < 1.29 is 4.42 Å². The SMILES string of the molecule is c1ccc2sc(-c3ccc4oc(-c5ccc6cc[nH]c6c5)cc4c3)cc2c1. The van der Waals surface area contributed by atoms with Gasteiger partial charge < -0.3 is 9.40 Å². The van der Waals surface area contributed by atoms with Crippen molar-refractivity contribution in [2.75, 3.05) is 0 Å². The third-order valence-electron chi connectivity index (χ3n) is 5.07. The molecule has 0 aliphatic heterocycles. The Hall–Kier alpha value is -3.30. The van der Waals surface area contributed by atoms with Crippen LogP contribution in [0, 0.1) is 0 Å². The number of rotatable bonds is 2. The van der Waals surface area contributed by atoms with Crippen molar-refractivity contribution in [1.29, 1.82) is 0 Å². The van der Waals surface area contributed by atoms with Crippen molar-refractivity contribution >= 4 is 43.3 Å². The molecule has 0 amide bonds. The van der Waals surface area contributed by atoms with E-state index in [2.05, 4.69) is 83.8 Å². The van der Waals surface area contributed by atoms with E-state index in [1.807, 2.05) is 17.5 Å². The first-order valence-electron chi connectivity index (χ1n) is 8.94. The number of nitrogens with one attached hydrogen (secondary N) is 1. The number of aromatic amines is 1. The summed E-state index contributed by atoms with van der Waals surface area (Å²) in [6.07, 6.45) is 1.96. The van der Waals surface area contributed by atoms with E-state index in [9.17, 15) is 0 Å². The van der Waals surface area contributed by atoms with Crippen molar-refractivity contribution in [2.45, 2.75) is 0 Å². The third kappa shape index (κ3) is 2.40. The molecule has 0 fully saturated rings. The van der Waals surface area contributed by atoms with E-state index in [0.717, 1.165) is 27.8 Å². The molecule has 0 saturated carbocycles. The molecule has 1 N–H and O–H groups in total. The number of furan rings is 1. The van der Waals surface area contributed by atoms with Crippen LogP contribution in [0.1, 0.15) is 0 Å². The summed E-state index contributed by atoms with van der Waals surface area (Å²) in [5.74, 6) is 0.898. The van der Waals surface area contributed by atoms with Gasteiger partial charge in [-0.05, 0) is 64.9 Å². The van der Waals surface area contributed by atoms with Crippen LogP contribution in [0.4, 0.5) is 0 Å². The summed E-state index contributed by atoms with van der Waals surface area (Å²) in [6.45, 7) is 0. The smallest absolute Gasteiger partial charge is 0.135 e. The van der Waals surface area contributed by atoms with Gasteiger partial charge in [0.2, 0.25) is 0 Å². The van der Waals surface area contributed by atoms with E-state index in [4.69, 9.17) is 4.42 Å². The minimum Gasteiger partial charge on any atom is -0.456 e. The molecule has 0 aliphatic rings. The molecule has 27 heavy (non-hydrogen) atoms. The highest BCUT2D eigenvalue weighted by molar-refractivity contribution is 7.22. The Bertz CT molecular complexity index is 1400. The molecule has 0 atom stereocenters. The van der Waals surface area contributed by atoms with Crippen LogP contribution in [0.3, 0.4) is 0 Å². The van der Waals surface area contributed by atoms with Crippen LogP contribution in [-0.4, -0.2) is 4.98 Å². The summed E-state index contributed by atoms with van der Waals surface area (Å²) in [5.41, 5.74) is 4.36. The first-order chi connectivity index (χ1) is 13.3. The molecular weight excluding hydrogens is 350 g/mol. The standard InChI is InChI=1S/C24H15NOS/c1-2-4-23-17(3-1)14-24(27-23)18-7-8-21-19(11-18)13-22(26-21)16-6-5-15-9-10-25-20(15)12-16/h1-14,25H. The van der Waals surface area contributed by atoms with Crippen molar-refractivity contribution in [2.24, 2.45) is 0 Å². The first-order valence-corrected chi connectivity index (χ1v) is 9.75. The van der Waals surface area contributed by atoms with Crippen molar-refractivity contribution in [3.63, 3.8) is 0 Å². The number of fused-ring (bicyclic) bond motifs is 3. The lowest BCUT2D eigenvalue weighted by atomic mass is 10.1. The Labute approximate surface area is 159 Å². The van der Waals surface area contributed by atoms with E-state index < -0.39 is 0 Å². The Morgan fingerprint density at radius 3 is 2.59 bits per heavy atom. The number of thiophene rings is 1. The third-order valence-corrected chi connectivity index (χ3v) is 6.23. The molecule has 0 bridgehead atoms. The zero-order chi connectivity index (χ0) is 17.8. The van der Waals surface area contributed by atoms with E-state index in [0.29, 0.717) is 0 Å². The molecule has 6 rings (SSSR count). The lowest BCUT2D eigenvalue weighted by Crippen LogP contribution is -1.73. The van der Waals surface area contributed by atoms with Crippen molar-refractivity contribution in [3.05, 3.63) is 85.1 Å². The summed E-state index contributed by atoms with van der Waals surface area (Å²) in [6, 6.07) is 27.8. The van der Waals surface area contributed by atoms with Gasteiger partial charge in [-0.2, -0.15) is 0 Å². The van der Waals surface area contributed by atoms with Gasteiger partial charge in [0.1, 0.15) is 11.3 Å². The van der Waals surface area contributed by atoms with Crippen LogP contribution >= 0.6 is 11.3 Å². The average Bonchev–Trinajstić information content (AvgIpc) is 3.42. The van der Waals surface area contributed by atoms with E-state index in [1.54, 1.807) is 0 Å². The van der Waals surface area contributed by atoms with Crippen LogP contribution in [-0.2, 0) is 0 Å². The lowest BCUT2D eigenvalue weighted by Gasteiger charge is -1.97. The van der Waals surface area contributed by atoms with Gasteiger partial charge in [-0.25, -0.2) is 0 Å². The minimum atomic E-state index is 0.898. The van der Waals surface area contributed by atoms with Crippen LogP contribution in [0.5, 0.6) is 0 Å². The minimum absolute atomic E-state index is 0.898. The van der Waals surface area contributed by atoms with Gasteiger partial charge in [0.25, 0.3) is 0 Å². The van der Waals surface area contributed by atoms with Gasteiger partial charge in [-0.15, -0.1) is 11.3 Å². The van der Waals surface area contributed by atoms with Gasteiger partial charge in [-0.1, -0.05) is 30.3 Å². The molecule has 6 aromatic rings. The Balaban J connectivity index is 1.46. The molecule has 3 aromatic heterocycles. The lowest BCUT2D eigenvalue weighted by molar-refractivity contribution is 0.631. The molecule has 0 saturated heterocycles. The summed E-state index contributed by atoms with van der Waals surface area (Å²) < 4.78 is 7.44. The quantitative estimate of drug-likeness (QED) is 0.339. The highest BCUT2D eigenvalue weighted by atomic mass is 32.1. The fraction of sp³-hybridized carbons (Fsp3) is 0. The molecule has 0 radical (unpaired) electrons. The highest BCUT2D eigenvalue weighted by Crippen LogP contribution is 2.36. The van der Waals surface area contributed by atoms with Gasteiger partial charge in [0.15, 0.2) is 0 Å². The first kappa shape index (κ1) is 14.8. The fourth-order valence-corrected chi connectivity index (χ4v) is 4.72. The Morgan fingerprint density at radius 2 is 1.63 bits per heavy atom. The van der Waals surface area contributed by atoms with Crippen LogP contribution < -0.4 is 0 Å². The van der Waals surface area contributed by atoms with Crippen molar-refractivity contribution in [3.8, 4) is 21.8 Å². The number of H-pyrrole nitrogens is 1. The fourth-order valence-electron chi connectivity index (χ4n) is 3.66. The Morgan fingerprint density at radius 1 is 0.704 bits per heavy atom. The number of hydrogen-bond donors (Lipinski definition) is 1. The maximum absolute atomic E-state index is 6.12. The molecule has 0 unspecified atom stereocenters. The summed E-state index contributed by atoms with van der Waals surface area (Å²) in [5, 5.41) is 3.64. The van der Waals surface area contributed by atoms with E-state index in [1.165, 1.54) is 25.9 Å². The van der Waals surface area contributed by atoms with Crippen LogP contribution in [0.15, 0.2) is 89.5 Å². The van der Waals surface area contributed by atoms with Crippen LogP contribution in [0.2, 0.25) is 0 Å². The molecule has 3 heterocycles. The summed E-state index contributed by atoms with van der Waals surface area (Å²) in [4.78, 5) is 4.55. The molecule has 0 aliphatic carbocycles. The molecule has 3 heteroatoms. The van der Waals surface area contributed by atoms with Crippen LogP contribution in [0.25, 0.3) is 53.7 Å². The molecule has 3 aromatic carbocycles. The number of aromatic nitrogens is 1. The summed E-state index contributed by atoms with van der Waals surface area (Å²) >= 11 is 1.83. The number of hydrogen-bond acceptors (Lipinski definition) is 2. The molecular formula is C24H15NOS. The zero-order valence-electron chi connectivity index (χ0n) is 14.4. The largest absolute Gasteiger partial charge is 0.456 e. The predicted octanol–water partition coefficient (Wildman–Crippen LogP) is 7.46. The highest BCUT2D eigenvalue weighted by Gasteiger charge is 2.10. The molecule has 0 spiro atoms. The van der Waals surface area contributed by atoms with Gasteiger partial charge in [0, 0.05) is 32.2 Å². The Kier molecular flexibility index (Phi) is 3.07. The van der Waals surface area contributed by atoms with Gasteiger partial charge in [0.05, 0.1) is 0 Å². The maximum Gasteiger partial charge on any atom is 0.135 e. The maximum atomic E-state index is 6.12. The second kappa shape index (κ2) is 5.60. The summed E-state index contributed by atoms with van der Waals surface area (Å²) in [7, 11) is 0. The topological polar surface area (TPSA) is 28.9 Å². The monoisotopic (exact) mass is 365 g/mol. The number of benzene rings is 3. The average molecular weight is 365 g/mol. The predicted molar refractivity (Wildman–Crippen MR) is 114 cm³/mol. The van der Waals surface area contributed by atoms with Gasteiger partial charge in [-0.3, -0.25) is 0 Å². The van der Waals surface area contributed by atoms with E-state index >= 15 is 0 Å². The van der Waals surface area contributed by atoms with Crippen molar-refractivity contribution in [1.82, 2.24) is 4.98 Å².